The van der Waals surface area contributed by atoms with Crippen molar-refractivity contribution in [2.45, 2.75) is 17.7 Å². The van der Waals surface area contributed by atoms with Crippen LogP contribution in [0.1, 0.15) is 11.8 Å². The summed E-state index contributed by atoms with van der Waals surface area (Å²) in [5, 5.41) is 14.8. The van der Waals surface area contributed by atoms with Crippen LogP contribution in [0.25, 0.3) is 21.7 Å². The molecule has 0 bridgehead atoms. The van der Waals surface area contributed by atoms with E-state index in [0.717, 1.165) is 15.9 Å². The topological polar surface area (TPSA) is 38.0 Å². The maximum absolute atomic E-state index is 10.5. The van der Waals surface area contributed by atoms with Gasteiger partial charge >= 0.3 is 0 Å². The van der Waals surface area contributed by atoms with Crippen molar-refractivity contribution in [2.75, 3.05) is 0 Å². The molecule has 2 aromatic carbocycles. The van der Waals surface area contributed by atoms with Gasteiger partial charge in [0.1, 0.15) is 6.10 Å². The average Bonchev–Trinajstić information content (AvgIpc) is 2.88. The van der Waals surface area contributed by atoms with Crippen molar-refractivity contribution in [1.82, 2.24) is 9.55 Å². The summed E-state index contributed by atoms with van der Waals surface area (Å²) < 4.78 is 2.03. The average molecular weight is 320 g/mol. The summed E-state index contributed by atoms with van der Waals surface area (Å²) in [5.41, 5.74) is 1.74. The fraction of sp³-hybridized carbons (Fsp3) is 0.105. The summed E-state index contributed by atoms with van der Waals surface area (Å²) in [6.07, 6.45) is 1.03. The molecule has 1 unspecified atom stereocenters. The first kappa shape index (κ1) is 14.3. The van der Waals surface area contributed by atoms with Gasteiger partial charge in [0, 0.05) is 17.1 Å². The van der Waals surface area contributed by atoms with Gasteiger partial charge in [-0.25, -0.2) is 0 Å². The lowest BCUT2D eigenvalue weighted by molar-refractivity contribution is 0.151. The number of fused-ring (bicyclic) bond motifs is 2. The Morgan fingerprint density at radius 3 is 2.43 bits per heavy atom. The number of aliphatic hydroxyl groups excluding tert-OH is 1. The molecule has 0 amide bonds. The van der Waals surface area contributed by atoms with Gasteiger partial charge in [0.05, 0.1) is 17.3 Å². The number of hydrogen-bond donors (Lipinski definition) is 2. The van der Waals surface area contributed by atoms with Crippen molar-refractivity contribution in [2.24, 2.45) is 0 Å². The highest BCUT2D eigenvalue weighted by atomic mass is 32.1. The molecular weight excluding hydrogens is 304 g/mol. The molecule has 4 heteroatoms. The van der Waals surface area contributed by atoms with Crippen molar-refractivity contribution >= 4 is 34.3 Å². The summed E-state index contributed by atoms with van der Waals surface area (Å²) in [5.74, 6) is 0. The van der Waals surface area contributed by atoms with Crippen LogP contribution >= 0.6 is 12.6 Å². The first-order valence-electron chi connectivity index (χ1n) is 7.52. The van der Waals surface area contributed by atoms with Gasteiger partial charge in [-0.2, -0.15) is 0 Å². The molecule has 2 aromatic heterocycles. The summed E-state index contributed by atoms with van der Waals surface area (Å²) >= 11 is 4.58. The molecule has 0 aliphatic carbocycles. The van der Waals surface area contributed by atoms with Crippen LogP contribution in [-0.4, -0.2) is 14.7 Å². The normalized spacial score (nSPS) is 12.8. The van der Waals surface area contributed by atoms with Crippen molar-refractivity contribution in [3.05, 3.63) is 72.6 Å². The van der Waals surface area contributed by atoms with Gasteiger partial charge in [-0.1, -0.05) is 30.3 Å². The van der Waals surface area contributed by atoms with Gasteiger partial charge in [0.25, 0.3) is 0 Å². The zero-order chi connectivity index (χ0) is 15.8. The van der Waals surface area contributed by atoms with Crippen LogP contribution in [0.3, 0.4) is 0 Å². The second-order valence-corrected chi connectivity index (χ2v) is 6.10. The number of aliphatic hydroxyl groups is 1. The molecule has 1 atom stereocenters. The van der Waals surface area contributed by atoms with Crippen LogP contribution in [0.2, 0.25) is 0 Å². The number of benzene rings is 2. The Balaban J connectivity index is 1.80. The first-order valence-corrected chi connectivity index (χ1v) is 7.97. The number of hydrogen-bond acceptors (Lipinski definition) is 3. The van der Waals surface area contributed by atoms with Gasteiger partial charge in [0.15, 0.2) is 0 Å². The summed E-state index contributed by atoms with van der Waals surface area (Å²) in [6, 6.07) is 20.2. The zero-order valence-corrected chi connectivity index (χ0v) is 13.3. The molecule has 3 nitrogen and oxygen atoms in total. The molecule has 2 heterocycles. The lowest BCUT2D eigenvalue weighted by Gasteiger charge is -2.14. The van der Waals surface area contributed by atoms with Crippen LogP contribution in [-0.2, 0) is 6.54 Å². The number of thiol groups is 1. The van der Waals surface area contributed by atoms with E-state index in [1.54, 1.807) is 6.20 Å². The molecule has 23 heavy (non-hydrogen) atoms. The molecular formula is C19H16N2OS. The van der Waals surface area contributed by atoms with E-state index >= 15 is 0 Å². The fourth-order valence-corrected chi connectivity index (χ4v) is 3.30. The van der Waals surface area contributed by atoms with Gasteiger partial charge < -0.3 is 9.67 Å². The predicted octanol–water partition coefficient (Wildman–Crippen LogP) is 4.21. The Labute approximate surface area is 139 Å². The Morgan fingerprint density at radius 2 is 1.70 bits per heavy atom. The second-order valence-electron chi connectivity index (χ2n) is 5.64. The van der Waals surface area contributed by atoms with E-state index in [1.165, 1.54) is 10.8 Å². The summed E-state index contributed by atoms with van der Waals surface area (Å²) in [6.45, 7) is 0.428. The molecule has 0 spiro atoms. The number of rotatable bonds is 3. The van der Waals surface area contributed by atoms with Gasteiger partial charge in [-0.3, -0.25) is 4.98 Å². The highest BCUT2D eigenvalue weighted by Gasteiger charge is 2.14. The van der Waals surface area contributed by atoms with Crippen LogP contribution in [0, 0.1) is 0 Å². The summed E-state index contributed by atoms with van der Waals surface area (Å²) in [4.78, 5) is 4.23. The summed E-state index contributed by atoms with van der Waals surface area (Å²) in [7, 11) is 0. The lowest BCUT2D eigenvalue weighted by atomic mass is 10.1. The first-order chi connectivity index (χ1) is 11.2. The molecule has 0 radical (unpaired) electrons. The highest BCUT2D eigenvalue weighted by molar-refractivity contribution is 7.80. The van der Waals surface area contributed by atoms with Crippen LogP contribution in [0.15, 0.2) is 71.9 Å². The molecule has 0 fully saturated rings. The quantitative estimate of drug-likeness (QED) is 0.555. The van der Waals surface area contributed by atoms with Crippen molar-refractivity contribution in [1.29, 1.82) is 0 Å². The Morgan fingerprint density at radius 1 is 0.957 bits per heavy atom. The lowest BCUT2D eigenvalue weighted by Crippen LogP contribution is -2.10. The largest absolute Gasteiger partial charge is 0.385 e. The maximum atomic E-state index is 10.5. The molecule has 114 valence electrons. The minimum Gasteiger partial charge on any atom is -0.385 e. The van der Waals surface area contributed by atoms with E-state index in [2.05, 4.69) is 41.9 Å². The maximum Gasteiger partial charge on any atom is 0.114 e. The third-order valence-corrected chi connectivity index (χ3v) is 4.50. The van der Waals surface area contributed by atoms with Crippen molar-refractivity contribution < 1.29 is 5.11 Å². The molecule has 0 saturated heterocycles. The highest BCUT2D eigenvalue weighted by Crippen LogP contribution is 2.29. The monoisotopic (exact) mass is 320 g/mol. The smallest absolute Gasteiger partial charge is 0.114 e. The van der Waals surface area contributed by atoms with Crippen LogP contribution in [0.4, 0.5) is 0 Å². The third kappa shape index (κ3) is 2.60. The fourth-order valence-electron chi connectivity index (χ4n) is 2.97. The Hall–Kier alpha value is -2.30. The van der Waals surface area contributed by atoms with E-state index in [1.807, 2.05) is 41.0 Å². The Bertz CT molecular complexity index is 979. The van der Waals surface area contributed by atoms with Crippen LogP contribution in [0.5, 0.6) is 0 Å². The molecule has 4 aromatic rings. The number of aromatic nitrogens is 2. The van der Waals surface area contributed by atoms with E-state index in [4.69, 9.17) is 0 Å². The van der Waals surface area contributed by atoms with Gasteiger partial charge in [-0.05, 0) is 41.1 Å². The van der Waals surface area contributed by atoms with Crippen molar-refractivity contribution in [3.63, 3.8) is 0 Å². The standard InChI is InChI=1S/C19H16N2OS/c22-18(16-7-3-4-8-20-16)12-21-17-10-14-6-2-1-5-13(14)9-15(17)11-19(21)23/h1-11,18,22-23H,12H2. The molecule has 0 saturated carbocycles. The third-order valence-electron chi connectivity index (χ3n) is 4.13. The van der Waals surface area contributed by atoms with Gasteiger partial charge in [0.2, 0.25) is 0 Å². The minimum absolute atomic E-state index is 0.428. The zero-order valence-electron chi connectivity index (χ0n) is 12.4. The molecule has 0 aliphatic heterocycles. The van der Waals surface area contributed by atoms with Gasteiger partial charge in [-0.15, -0.1) is 12.6 Å². The van der Waals surface area contributed by atoms with Crippen molar-refractivity contribution in [3.8, 4) is 0 Å². The second kappa shape index (κ2) is 5.72. The molecule has 4 rings (SSSR count). The predicted molar refractivity (Wildman–Crippen MR) is 95.9 cm³/mol. The minimum atomic E-state index is -0.663. The van der Waals surface area contributed by atoms with E-state index < -0.39 is 6.10 Å². The molecule has 1 N–H and O–H groups in total. The number of nitrogens with zero attached hydrogens (tertiary/aromatic N) is 2. The Kier molecular flexibility index (Phi) is 3.56. The van der Waals surface area contributed by atoms with E-state index in [0.29, 0.717) is 12.2 Å². The van der Waals surface area contributed by atoms with Crippen LogP contribution < -0.4 is 0 Å². The molecule has 0 aliphatic rings. The SMILES string of the molecule is OC(Cn1c(S)cc2cc3ccccc3cc21)c1ccccn1. The number of pyridine rings is 1. The van der Waals surface area contributed by atoms with E-state index in [9.17, 15) is 5.11 Å². The van der Waals surface area contributed by atoms with E-state index in [-0.39, 0.29) is 0 Å².